The minimum absolute atomic E-state index is 0. The van der Waals surface area contributed by atoms with Crippen LogP contribution in [0.15, 0.2) is 4.99 Å². The molecule has 3 fully saturated rings. The minimum atomic E-state index is -0.212. The van der Waals surface area contributed by atoms with Crippen LogP contribution in [0.1, 0.15) is 33.6 Å². The van der Waals surface area contributed by atoms with Crippen molar-refractivity contribution in [2.45, 2.75) is 51.9 Å². The van der Waals surface area contributed by atoms with Gasteiger partial charge in [-0.05, 0) is 19.8 Å². The summed E-state index contributed by atoms with van der Waals surface area (Å²) in [4.78, 5) is 6.81. The van der Waals surface area contributed by atoms with E-state index in [2.05, 4.69) is 36.0 Å². The van der Waals surface area contributed by atoms with Gasteiger partial charge in [0.25, 0.3) is 0 Å². The number of aliphatic imine (C=N–C) groups is 1. The van der Waals surface area contributed by atoms with Crippen molar-refractivity contribution in [3.05, 3.63) is 0 Å². The molecule has 1 saturated carbocycles. The first-order valence-corrected chi connectivity index (χ1v) is 7.89. The van der Waals surface area contributed by atoms with E-state index < -0.39 is 0 Å². The monoisotopic (exact) mass is 409 g/mol. The Hall–Kier alpha value is -0.0800. The predicted molar refractivity (Wildman–Crippen MR) is 94.1 cm³/mol. The minimum Gasteiger partial charge on any atom is -0.391 e. The molecule has 1 aliphatic carbocycles. The number of ether oxygens (including phenoxy) is 1. The molecule has 3 unspecified atom stereocenters. The van der Waals surface area contributed by atoms with Crippen molar-refractivity contribution in [1.82, 2.24) is 10.2 Å². The topological polar surface area (TPSA) is 57.1 Å². The number of hydrogen-bond donors (Lipinski definition) is 2. The van der Waals surface area contributed by atoms with Crippen LogP contribution in [-0.2, 0) is 4.74 Å². The number of β-amino-alcohol motifs (C(OH)–C–C–N with tert-alkyl or cyclic N) is 1. The van der Waals surface area contributed by atoms with Gasteiger partial charge in [-0.15, -0.1) is 24.0 Å². The number of halogens is 1. The van der Waals surface area contributed by atoms with E-state index in [1.54, 1.807) is 0 Å². The first-order valence-electron chi connectivity index (χ1n) is 7.89. The molecule has 2 aliphatic heterocycles. The standard InChI is InChI=1S/C15H27N3O2.HI/c1-4-16-14(18-7-5-10(19)9-18)17-12-11-6-8-20-13(11)15(12,2)3;/h10-13,19H,4-9H2,1-3H3,(H,16,17);1H/t10-,11?,12?,13?;/m1./s1. The number of aliphatic hydroxyl groups excluding tert-OH is 1. The second-order valence-electron chi connectivity index (χ2n) is 6.87. The van der Waals surface area contributed by atoms with E-state index in [-0.39, 0.29) is 35.5 Å². The molecule has 3 aliphatic rings. The van der Waals surface area contributed by atoms with E-state index in [0.717, 1.165) is 38.5 Å². The van der Waals surface area contributed by atoms with Crippen LogP contribution in [0.25, 0.3) is 0 Å². The number of hydrogen-bond acceptors (Lipinski definition) is 3. The highest BCUT2D eigenvalue weighted by atomic mass is 127. The molecule has 3 rings (SSSR count). The fourth-order valence-corrected chi connectivity index (χ4v) is 4.08. The fourth-order valence-electron chi connectivity index (χ4n) is 4.08. The van der Waals surface area contributed by atoms with Crippen molar-refractivity contribution < 1.29 is 9.84 Å². The summed E-state index contributed by atoms with van der Waals surface area (Å²) in [6, 6.07) is 0.429. The van der Waals surface area contributed by atoms with Crippen molar-refractivity contribution >= 4 is 29.9 Å². The van der Waals surface area contributed by atoms with Gasteiger partial charge in [-0.2, -0.15) is 0 Å². The van der Waals surface area contributed by atoms with Crippen LogP contribution in [0.4, 0.5) is 0 Å². The smallest absolute Gasteiger partial charge is 0.194 e. The zero-order valence-electron chi connectivity index (χ0n) is 13.2. The lowest BCUT2D eigenvalue weighted by Crippen LogP contribution is -2.68. The maximum Gasteiger partial charge on any atom is 0.194 e. The van der Waals surface area contributed by atoms with Gasteiger partial charge < -0.3 is 20.1 Å². The molecule has 4 atom stereocenters. The second kappa shape index (κ2) is 6.58. The second-order valence-corrected chi connectivity index (χ2v) is 6.87. The normalized spacial score (nSPS) is 37.7. The van der Waals surface area contributed by atoms with Crippen molar-refractivity contribution in [3.63, 3.8) is 0 Å². The number of fused-ring (bicyclic) bond motifs is 1. The number of rotatable bonds is 2. The van der Waals surface area contributed by atoms with Gasteiger partial charge in [0.05, 0.1) is 12.2 Å². The molecule has 0 bridgehead atoms. The number of nitrogens with zero attached hydrogens (tertiary/aromatic N) is 2. The molecule has 6 heteroatoms. The highest BCUT2D eigenvalue weighted by Crippen LogP contribution is 2.52. The van der Waals surface area contributed by atoms with Gasteiger partial charge in [0, 0.05) is 43.6 Å². The Morgan fingerprint density at radius 1 is 1.43 bits per heavy atom. The van der Waals surface area contributed by atoms with Crippen LogP contribution < -0.4 is 5.32 Å². The van der Waals surface area contributed by atoms with Gasteiger partial charge >= 0.3 is 0 Å². The fraction of sp³-hybridized carbons (Fsp3) is 0.933. The van der Waals surface area contributed by atoms with Gasteiger partial charge in [0.2, 0.25) is 0 Å². The number of aliphatic hydroxyl groups is 1. The summed E-state index contributed by atoms with van der Waals surface area (Å²) in [5.41, 5.74) is 0.161. The highest BCUT2D eigenvalue weighted by Gasteiger charge is 2.59. The summed E-state index contributed by atoms with van der Waals surface area (Å²) < 4.78 is 5.85. The first-order chi connectivity index (χ1) is 9.54. The maximum absolute atomic E-state index is 9.73. The summed E-state index contributed by atoms with van der Waals surface area (Å²) in [6.07, 6.45) is 2.17. The van der Waals surface area contributed by atoms with Gasteiger partial charge in [0.15, 0.2) is 5.96 Å². The molecule has 0 aromatic rings. The van der Waals surface area contributed by atoms with Crippen LogP contribution >= 0.6 is 24.0 Å². The molecule has 0 radical (unpaired) electrons. The van der Waals surface area contributed by atoms with E-state index in [1.165, 1.54) is 0 Å². The maximum atomic E-state index is 9.73. The molecule has 2 saturated heterocycles. The highest BCUT2D eigenvalue weighted by molar-refractivity contribution is 14.0. The zero-order chi connectivity index (χ0) is 14.3. The Kier molecular flexibility index (Phi) is 5.41. The molecular weight excluding hydrogens is 381 g/mol. The third-order valence-corrected chi connectivity index (χ3v) is 5.16. The summed E-state index contributed by atoms with van der Waals surface area (Å²) in [6.45, 7) is 9.86. The Morgan fingerprint density at radius 3 is 2.81 bits per heavy atom. The summed E-state index contributed by atoms with van der Waals surface area (Å²) >= 11 is 0. The molecule has 0 aromatic carbocycles. The number of guanidine groups is 1. The SMILES string of the molecule is CCN=C(NC1C2CCOC2C1(C)C)N1CC[C@@H](O)C1.I. The average molecular weight is 409 g/mol. The predicted octanol–water partition coefficient (Wildman–Crippen LogP) is 1.45. The molecule has 122 valence electrons. The molecule has 5 nitrogen and oxygen atoms in total. The molecule has 0 amide bonds. The molecule has 21 heavy (non-hydrogen) atoms. The number of nitrogens with one attached hydrogen (secondary N) is 1. The van der Waals surface area contributed by atoms with Crippen LogP contribution in [0.2, 0.25) is 0 Å². The third-order valence-electron chi connectivity index (χ3n) is 5.16. The van der Waals surface area contributed by atoms with Gasteiger partial charge in [-0.25, -0.2) is 0 Å². The van der Waals surface area contributed by atoms with Crippen LogP contribution in [0, 0.1) is 11.3 Å². The number of likely N-dealkylation sites (tertiary alicyclic amines) is 1. The van der Waals surface area contributed by atoms with E-state index >= 15 is 0 Å². The lowest BCUT2D eigenvalue weighted by molar-refractivity contribution is -0.107. The first kappa shape index (κ1) is 17.3. The molecule has 2 N–H and O–H groups in total. The zero-order valence-corrected chi connectivity index (χ0v) is 15.5. The van der Waals surface area contributed by atoms with Crippen LogP contribution in [0.5, 0.6) is 0 Å². The molecule has 2 heterocycles. The van der Waals surface area contributed by atoms with E-state index in [4.69, 9.17) is 4.74 Å². The lowest BCUT2D eigenvalue weighted by Gasteiger charge is -2.55. The Bertz CT molecular complexity index is 402. The van der Waals surface area contributed by atoms with Crippen molar-refractivity contribution in [2.24, 2.45) is 16.3 Å². The third kappa shape index (κ3) is 3.03. The van der Waals surface area contributed by atoms with Crippen molar-refractivity contribution in [2.75, 3.05) is 26.2 Å². The summed E-state index contributed by atoms with van der Waals surface area (Å²) in [5, 5.41) is 13.4. The molecule has 0 spiro atoms. The van der Waals surface area contributed by atoms with Crippen LogP contribution in [0.3, 0.4) is 0 Å². The largest absolute Gasteiger partial charge is 0.391 e. The van der Waals surface area contributed by atoms with Gasteiger partial charge in [-0.1, -0.05) is 13.8 Å². The summed E-state index contributed by atoms with van der Waals surface area (Å²) in [7, 11) is 0. The Morgan fingerprint density at radius 2 is 2.19 bits per heavy atom. The van der Waals surface area contributed by atoms with Gasteiger partial charge in [0.1, 0.15) is 0 Å². The van der Waals surface area contributed by atoms with E-state index in [9.17, 15) is 5.11 Å². The van der Waals surface area contributed by atoms with Gasteiger partial charge in [-0.3, -0.25) is 4.99 Å². The average Bonchev–Trinajstić information content (AvgIpc) is 3.02. The molecular formula is C15H28IN3O2. The van der Waals surface area contributed by atoms with Crippen molar-refractivity contribution in [3.8, 4) is 0 Å². The quantitative estimate of drug-likeness (QED) is 0.412. The van der Waals surface area contributed by atoms with Crippen LogP contribution in [-0.4, -0.2) is 60.5 Å². The lowest BCUT2D eigenvalue weighted by atomic mass is 9.57. The van der Waals surface area contributed by atoms with E-state index in [1.807, 2.05) is 0 Å². The van der Waals surface area contributed by atoms with Crippen molar-refractivity contribution in [1.29, 1.82) is 0 Å². The Labute approximate surface area is 144 Å². The Balaban J connectivity index is 0.00000161. The molecule has 0 aromatic heterocycles. The summed E-state index contributed by atoms with van der Waals surface area (Å²) in [5.74, 6) is 1.58. The van der Waals surface area contributed by atoms with E-state index in [0.29, 0.717) is 24.6 Å².